The number of aryl methyl sites for hydroxylation is 1. The van der Waals surface area contributed by atoms with E-state index in [-0.39, 0.29) is 5.91 Å². The smallest absolute Gasteiger partial charge is 0.252 e. The van der Waals surface area contributed by atoms with E-state index in [1.54, 1.807) is 6.20 Å². The van der Waals surface area contributed by atoms with Crippen LogP contribution in [-0.2, 0) is 9.53 Å². The molecule has 1 saturated heterocycles. The van der Waals surface area contributed by atoms with E-state index in [9.17, 15) is 4.79 Å². The number of carbonyl (C=O) groups excluding carboxylic acids is 1. The fourth-order valence-corrected chi connectivity index (χ4v) is 2.19. The fourth-order valence-electron chi connectivity index (χ4n) is 2.19. The minimum absolute atomic E-state index is 0.0155. The van der Waals surface area contributed by atoms with Crippen molar-refractivity contribution in [2.75, 3.05) is 25.0 Å². The molecule has 2 heterocycles. The van der Waals surface area contributed by atoms with E-state index in [0.717, 1.165) is 24.1 Å². The summed E-state index contributed by atoms with van der Waals surface area (Å²) in [6.07, 6.45) is 5.32. The van der Waals surface area contributed by atoms with Crippen LogP contribution >= 0.6 is 0 Å². The van der Waals surface area contributed by atoms with Gasteiger partial charge in [-0.25, -0.2) is 0 Å². The molecule has 0 saturated carbocycles. The molecule has 0 aromatic carbocycles. The zero-order chi connectivity index (χ0) is 13.7. The Morgan fingerprint density at radius 3 is 3.05 bits per heavy atom. The highest BCUT2D eigenvalue weighted by Gasteiger charge is 2.37. The Morgan fingerprint density at radius 2 is 2.37 bits per heavy atom. The highest BCUT2D eigenvalue weighted by Crippen LogP contribution is 2.24. The number of pyridine rings is 1. The van der Waals surface area contributed by atoms with E-state index in [4.69, 9.17) is 4.74 Å². The Labute approximate surface area is 113 Å². The predicted molar refractivity (Wildman–Crippen MR) is 74.1 cm³/mol. The second kappa shape index (κ2) is 6.02. The van der Waals surface area contributed by atoms with Gasteiger partial charge in [-0.15, -0.1) is 0 Å². The van der Waals surface area contributed by atoms with E-state index in [0.29, 0.717) is 19.7 Å². The van der Waals surface area contributed by atoms with Gasteiger partial charge in [0.25, 0.3) is 5.91 Å². The number of anilines is 1. The Balaban J connectivity index is 1.72. The van der Waals surface area contributed by atoms with Gasteiger partial charge in [-0.3, -0.25) is 9.78 Å². The Kier molecular flexibility index (Phi) is 4.37. The maximum absolute atomic E-state index is 12.0. The molecule has 0 unspecified atom stereocenters. The first kappa shape index (κ1) is 13.8. The summed E-state index contributed by atoms with van der Waals surface area (Å²) < 4.78 is 5.50. The summed E-state index contributed by atoms with van der Waals surface area (Å²) in [6.45, 7) is 5.81. The predicted octanol–water partition coefficient (Wildman–Crippen LogP) is 1.49. The van der Waals surface area contributed by atoms with Crippen LogP contribution in [0.4, 0.5) is 5.69 Å². The number of hydrogen-bond donors (Lipinski definition) is 2. The SMILES string of the molecule is Cc1cnccc1NCCNC(=O)[C@@]1(C)CCCO1. The summed E-state index contributed by atoms with van der Waals surface area (Å²) in [5, 5.41) is 6.19. The van der Waals surface area contributed by atoms with Crippen molar-refractivity contribution < 1.29 is 9.53 Å². The zero-order valence-corrected chi connectivity index (χ0v) is 11.5. The summed E-state index contributed by atoms with van der Waals surface area (Å²) in [6, 6.07) is 1.93. The van der Waals surface area contributed by atoms with Crippen molar-refractivity contribution in [1.29, 1.82) is 0 Å². The Bertz CT molecular complexity index is 442. The van der Waals surface area contributed by atoms with Crippen LogP contribution in [0, 0.1) is 6.92 Å². The summed E-state index contributed by atoms with van der Waals surface area (Å²) >= 11 is 0. The van der Waals surface area contributed by atoms with Crippen LogP contribution in [0.2, 0.25) is 0 Å². The van der Waals surface area contributed by atoms with Crippen molar-refractivity contribution >= 4 is 11.6 Å². The summed E-state index contributed by atoms with van der Waals surface area (Å²) in [5.74, 6) is -0.0155. The third-order valence-electron chi connectivity index (χ3n) is 3.45. The Morgan fingerprint density at radius 1 is 1.53 bits per heavy atom. The molecular weight excluding hydrogens is 242 g/mol. The Hall–Kier alpha value is -1.62. The highest BCUT2D eigenvalue weighted by molar-refractivity contribution is 5.85. The molecule has 1 aromatic heterocycles. The van der Waals surface area contributed by atoms with E-state index in [1.807, 2.05) is 26.1 Å². The minimum Gasteiger partial charge on any atom is -0.383 e. The van der Waals surface area contributed by atoms with Crippen molar-refractivity contribution in [3.8, 4) is 0 Å². The number of nitrogens with one attached hydrogen (secondary N) is 2. The fraction of sp³-hybridized carbons (Fsp3) is 0.571. The van der Waals surface area contributed by atoms with Gasteiger partial charge in [0.15, 0.2) is 0 Å². The molecule has 104 valence electrons. The molecular formula is C14H21N3O2. The molecule has 0 radical (unpaired) electrons. The van der Waals surface area contributed by atoms with Gasteiger partial charge >= 0.3 is 0 Å². The van der Waals surface area contributed by atoms with E-state index < -0.39 is 5.60 Å². The molecule has 0 bridgehead atoms. The first-order valence-corrected chi connectivity index (χ1v) is 6.68. The topological polar surface area (TPSA) is 63.2 Å². The van der Waals surface area contributed by atoms with Crippen LogP contribution in [0.3, 0.4) is 0 Å². The lowest BCUT2D eigenvalue weighted by Gasteiger charge is -2.22. The quantitative estimate of drug-likeness (QED) is 0.790. The molecule has 5 heteroatoms. The van der Waals surface area contributed by atoms with Crippen molar-refractivity contribution in [3.63, 3.8) is 0 Å². The molecule has 0 aliphatic carbocycles. The number of rotatable bonds is 5. The van der Waals surface area contributed by atoms with Crippen LogP contribution in [-0.4, -0.2) is 36.2 Å². The maximum atomic E-state index is 12.0. The first-order chi connectivity index (χ1) is 9.12. The van der Waals surface area contributed by atoms with Gasteiger partial charge in [0.05, 0.1) is 0 Å². The lowest BCUT2D eigenvalue weighted by atomic mass is 10.0. The van der Waals surface area contributed by atoms with Crippen molar-refractivity contribution in [2.45, 2.75) is 32.3 Å². The molecule has 1 aromatic rings. The summed E-state index contributed by atoms with van der Waals surface area (Å²) in [4.78, 5) is 16.0. The van der Waals surface area contributed by atoms with Crippen LogP contribution in [0.5, 0.6) is 0 Å². The molecule has 1 aliphatic rings. The average Bonchev–Trinajstić information content (AvgIpc) is 2.84. The lowest BCUT2D eigenvalue weighted by molar-refractivity contribution is -0.139. The monoisotopic (exact) mass is 263 g/mol. The van der Waals surface area contributed by atoms with Crippen LogP contribution in [0.25, 0.3) is 0 Å². The van der Waals surface area contributed by atoms with Gasteiger partial charge in [0, 0.05) is 37.8 Å². The number of nitrogens with zero attached hydrogens (tertiary/aromatic N) is 1. The molecule has 2 N–H and O–H groups in total. The zero-order valence-electron chi connectivity index (χ0n) is 11.5. The second-order valence-corrected chi connectivity index (χ2v) is 5.06. The third-order valence-corrected chi connectivity index (χ3v) is 3.45. The van der Waals surface area contributed by atoms with Crippen molar-refractivity contribution in [3.05, 3.63) is 24.0 Å². The summed E-state index contributed by atoms with van der Waals surface area (Å²) in [7, 11) is 0. The maximum Gasteiger partial charge on any atom is 0.252 e. The standard InChI is InChI=1S/C14H21N3O2/c1-11-10-15-6-4-12(11)16-7-8-17-13(18)14(2)5-3-9-19-14/h4,6,10H,3,5,7-9H2,1-2H3,(H,15,16)(H,17,18)/t14-/m1/s1. The number of ether oxygens (including phenoxy) is 1. The molecule has 1 amide bonds. The average molecular weight is 263 g/mol. The molecule has 1 aliphatic heterocycles. The van der Waals surface area contributed by atoms with Crippen LogP contribution in [0.1, 0.15) is 25.3 Å². The van der Waals surface area contributed by atoms with Gasteiger partial charge in [0.1, 0.15) is 5.60 Å². The number of hydrogen-bond acceptors (Lipinski definition) is 4. The molecule has 2 rings (SSSR count). The number of carbonyl (C=O) groups is 1. The normalized spacial score (nSPS) is 22.2. The molecule has 5 nitrogen and oxygen atoms in total. The third kappa shape index (κ3) is 3.44. The van der Waals surface area contributed by atoms with E-state index in [2.05, 4.69) is 15.6 Å². The molecule has 0 spiro atoms. The van der Waals surface area contributed by atoms with Gasteiger partial charge in [0.2, 0.25) is 0 Å². The molecule has 1 fully saturated rings. The van der Waals surface area contributed by atoms with Gasteiger partial charge < -0.3 is 15.4 Å². The van der Waals surface area contributed by atoms with Crippen molar-refractivity contribution in [1.82, 2.24) is 10.3 Å². The molecule has 1 atom stereocenters. The largest absolute Gasteiger partial charge is 0.383 e. The molecule has 19 heavy (non-hydrogen) atoms. The lowest BCUT2D eigenvalue weighted by Crippen LogP contribution is -2.45. The van der Waals surface area contributed by atoms with Gasteiger partial charge in [-0.05, 0) is 38.3 Å². The minimum atomic E-state index is -0.632. The van der Waals surface area contributed by atoms with E-state index >= 15 is 0 Å². The first-order valence-electron chi connectivity index (χ1n) is 6.68. The van der Waals surface area contributed by atoms with Gasteiger partial charge in [-0.1, -0.05) is 0 Å². The number of aromatic nitrogens is 1. The highest BCUT2D eigenvalue weighted by atomic mass is 16.5. The van der Waals surface area contributed by atoms with E-state index in [1.165, 1.54) is 0 Å². The van der Waals surface area contributed by atoms with Crippen LogP contribution < -0.4 is 10.6 Å². The van der Waals surface area contributed by atoms with Crippen molar-refractivity contribution in [2.24, 2.45) is 0 Å². The number of amides is 1. The van der Waals surface area contributed by atoms with Gasteiger partial charge in [-0.2, -0.15) is 0 Å². The second-order valence-electron chi connectivity index (χ2n) is 5.06. The summed E-state index contributed by atoms with van der Waals surface area (Å²) in [5.41, 5.74) is 1.51. The van der Waals surface area contributed by atoms with Crippen LogP contribution in [0.15, 0.2) is 18.5 Å².